The van der Waals surface area contributed by atoms with Crippen LogP contribution in [-0.4, -0.2) is 17.0 Å². The number of amides is 1. The minimum Gasteiger partial charge on any atom is -0.478 e. The Morgan fingerprint density at radius 2 is 1.70 bits per heavy atom. The Balaban J connectivity index is 2.23. The van der Waals surface area contributed by atoms with Crippen LogP contribution >= 0.6 is 27.5 Å². The Bertz CT molecular complexity index is 671. The summed E-state index contributed by atoms with van der Waals surface area (Å²) in [5.41, 5.74) is 0.925. The zero-order valence-electron chi connectivity index (χ0n) is 10.1. The maximum atomic E-state index is 12.0. The fourth-order valence-corrected chi connectivity index (χ4v) is 2.21. The first-order valence-corrected chi connectivity index (χ1v) is 6.73. The van der Waals surface area contributed by atoms with Gasteiger partial charge >= 0.3 is 5.97 Å². The first-order chi connectivity index (χ1) is 9.45. The first kappa shape index (κ1) is 14.6. The fraction of sp³-hybridized carbons (Fsp3) is 0. The molecule has 0 aliphatic rings. The molecule has 4 nitrogen and oxygen atoms in total. The Labute approximate surface area is 128 Å². The minimum atomic E-state index is -1.06. The van der Waals surface area contributed by atoms with E-state index in [2.05, 4.69) is 21.2 Å². The fourth-order valence-electron chi connectivity index (χ4n) is 1.59. The van der Waals surface area contributed by atoms with Gasteiger partial charge in [0.25, 0.3) is 5.91 Å². The van der Waals surface area contributed by atoms with Crippen molar-refractivity contribution in [1.82, 2.24) is 0 Å². The van der Waals surface area contributed by atoms with Crippen LogP contribution in [0.2, 0.25) is 5.02 Å². The van der Waals surface area contributed by atoms with Gasteiger partial charge in [-0.25, -0.2) is 4.79 Å². The van der Waals surface area contributed by atoms with Gasteiger partial charge < -0.3 is 10.4 Å². The summed E-state index contributed by atoms with van der Waals surface area (Å²) >= 11 is 8.95. The lowest BCUT2D eigenvalue weighted by molar-refractivity contribution is 0.0696. The second kappa shape index (κ2) is 6.07. The molecule has 0 fully saturated rings. The third-order valence-electron chi connectivity index (χ3n) is 2.51. The van der Waals surface area contributed by atoms with Crippen LogP contribution in [0, 0.1) is 0 Å². The van der Waals surface area contributed by atoms with Crippen LogP contribution < -0.4 is 5.32 Å². The van der Waals surface area contributed by atoms with Crippen molar-refractivity contribution in [1.29, 1.82) is 0 Å². The molecule has 0 atom stereocenters. The van der Waals surface area contributed by atoms with Gasteiger partial charge in [0.1, 0.15) is 0 Å². The predicted molar refractivity (Wildman–Crippen MR) is 80.5 cm³/mol. The van der Waals surface area contributed by atoms with Crippen molar-refractivity contribution in [3.8, 4) is 0 Å². The average molecular weight is 355 g/mol. The largest absolute Gasteiger partial charge is 0.478 e. The number of hydrogen-bond donors (Lipinski definition) is 2. The lowest BCUT2D eigenvalue weighted by Gasteiger charge is -2.07. The Hall–Kier alpha value is -1.85. The zero-order chi connectivity index (χ0) is 14.7. The minimum absolute atomic E-state index is 0.0887. The van der Waals surface area contributed by atoms with Crippen LogP contribution in [0.3, 0.4) is 0 Å². The van der Waals surface area contributed by atoms with Crippen LogP contribution in [0.5, 0.6) is 0 Å². The number of carboxylic acid groups (broad SMARTS) is 1. The Kier molecular flexibility index (Phi) is 4.42. The molecule has 0 bridgehead atoms. The number of aromatic carboxylic acids is 1. The standard InChI is InChI=1S/C14H9BrClNO3/c15-10-5-9(14(19)20)6-12(7-10)17-13(18)8-1-3-11(16)4-2-8/h1-7H,(H,17,18)(H,19,20). The first-order valence-electron chi connectivity index (χ1n) is 5.56. The molecule has 2 rings (SSSR count). The summed E-state index contributed by atoms with van der Waals surface area (Å²) in [5, 5.41) is 12.1. The average Bonchev–Trinajstić information content (AvgIpc) is 2.38. The van der Waals surface area contributed by atoms with E-state index in [4.69, 9.17) is 16.7 Å². The predicted octanol–water partition coefficient (Wildman–Crippen LogP) is 4.05. The topological polar surface area (TPSA) is 66.4 Å². The van der Waals surface area contributed by atoms with E-state index < -0.39 is 5.97 Å². The van der Waals surface area contributed by atoms with E-state index in [0.717, 1.165) is 0 Å². The molecule has 1 amide bonds. The van der Waals surface area contributed by atoms with Crippen LogP contribution in [0.15, 0.2) is 46.9 Å². The Morgan fingerprint density at radius 1 is 1.05 bits per heavy atom. The number of rotatable bonds is 3. The van der Waals surface area contributed by atoms with Crippen molar-refractivity contribution in [2.24, 2.45) is 0 Å². The summed E-state index contributed by atoms with van der Waals surface area (Å²) in [5.74, 6) is -1.40. The van der Waals surface area contributed by atoms with Gasteiger partial charge in [-0.1, -0.05) is 27.5 Å². The van der Waals surface area contributed by atoms with Crippen molar-refractivity contribution in [3.05, 3.63) is 63.1 Å². The van der Waals surface area contributed by atoms with E-state index >= 15 is 0 Å². The second-order valence-electron chi connectivity index (χ2n) is 3.99. The molecule has 0 aromatic heterocycles. The number of anilines is 1. The number of halogens is 2. The van der Waals surface area contributed by atoms with Crippen LogP contribution in [0.1, 0.15) is 20.7 Å². The summed E-state index contributed by atoms with van der Waals surface area (Å²) in [7, 11) is 0. The summed E-state index contributed by atoms with van der Waals surface area (Å²) in [6.07, 6.45) is 0. The molecule has 0 spiro atoms. The summed E-state index contributed by atoms with van der Waals surface area (Å²) in [6.45, 7) is 0. The van der Waals surface area contributed by atoms with Crippen LogP contribution in [0.25, 0.3) is 0 Å². The lowest BCUT2D eigenvalue weighted by atomic mass is 10.2. The van der Waals surface area contributed by atoms with Crippen molar-refractivity contribution in [2.45, 2.75) is 0 Å². The van der Waals surface area contributed by atoms with E-state index in [1.807, 2.05) is 0 Å². The lowest BCUT2D eigenvalue weighted by Crippen LogP contribution is -2.12. The van der Waals surface area contributed by atoms with Gasteiger partial charge in [0.15, 0.2) is 0 Å². The third kappa shape index (κ3) is 3.59. The van der Waals surface area contributed by atoms with Gasteiger partial charge in [0.05, 0.1) is 5.56 Å². The summed E-state index contributed by atoms with van der Waals surface area (Å²) < 4.78 is 0.573. The molecular weight excluding hydrogens is 346 g/mol. The molecule has 0 unspecified atom stereocenters. The highest BCUT2D eigenvalue weighted by atomic mass is 79.9. The number of carbonyl (C=O) groups excluding carboxylic acids is 1. The van der Waals surface area contributed by atoms with Gasteiger partial charge in [-0.05, 0) is 42.5 Å². The molecule has 2 aromatic rings. The number of benzene rings is 2. The van der Waals surface area contributed by atoms with E-state index in [1.54, 1.807) is 30.3 Å². The van der Waals surface area contributed by atoms with Gasteiger partial charge in [-0.15, -0.1) is 0 Å². The van der Waals surface area contributed by atoms with E-state index in [0.29, 0.717) is 20.7 Å². The summed E-state index contributed by atoms with van der Waals surface area (Å²) in [6, 6.07) is 10.9. The molecule has 102 valence electrons. The van der Waals surface area contributed by atoms with Crippen molar-refractivity contribution >= 4 is 45.1 Å². The highest BCUT2D eigenvalue weighted by Gasteiger charge is 2.10. The SMILES string of the molecule is O=C(O)c1cc(Br)cc(NC(=O)c2ccc(Cl)cc2)c1. The van der Waals surface area contributed by atoms with E-state index in [-0.39, 0.29) is 11.5 Å². The normalized spacial score (nSPS) is 10.1. The monoisotopic (exact) mass is 353 g/mol. The van der Waals surface area contributed by atoms with Gasteiger partial charge in [-0.3, -0.25) is 4.79 Å². The quantitative estimate of drug-likeness (QED) is 0.874. The molecule has 2 aromatic carbocycles. The maximum absolute atomic E-state index is 12.0. The number of carboxylic acids is 1. The van der Waals surface area contributed by atoms with Gasteiger partial charge in [0.2, 0.25) is 0 Å². The number of nitrogens with one attached hydrogen (secondary N) is 1. The van der Waals surface area contributed by atoms with Crippen LogP contribution in [0.4, 0.5) is 5.69 Å². The van der Waals surface area contributed by atoms with Crippen molar-refractivity contribution in [3.63, 3.8) is 0 Å². The number of carbonyl (C=O) groups is 2. The highest BCUT2D eigenvalue weighted by Crippen LogP contribution is 2.20. The highest BCUT2D eigenvalue weighted by molar-refractivity contribution is 9.10. The molecule has 0 heterocycles. The Morgan fingerprint density at radius 3 is 2.30 bits per heavy atom. The van der Waals surface area contributed by atoms with E-state index in [1.165, 1.54) is 12.1 Å². The molecule has 0 radical (unpaired) electrons. The van der Waals surface area contributed by atoms with Crippen LogP contribution in [-0.2, 0) is 0 Å². The maximum Gasteiger partial charge on any atom is 0.335 e. The third-order valence-corrected chi connectivity index (χ3v) is 3.22. The molecule has 20 heavy (non-hydrogen) atoms. The zero-order valence-corrected chi connectivity index (χ0v) is 12.4. The summed E-state index contributed by atoms with van der Waals surface area (Å²) in [4.78, 5) is 23.0. The molecule has 6 heteroatoms. The molecule has 0 aliphatic carbocycles. The van der Waals surface area contributed by atoms with E-state index in [9.17, 15) is 9.59 Å². The van der Waals surface area contributed by atoms with Crippen molar-refractivity contribution in [2.75, 3.05) is 5.32 Å². The molecule has 0 saturated heterocycles. The van der Waals surface area contributed by atoms with Crippen molar-refractivity contribution < 1.29 is 14.7 Å². The molecular formula is C14H9BrClNO3. The molecule has 0 aliphatic heterocycles. The number of hydrogen-bond acceptors (Lipinski definition) is 2. The molecule has 2 N–H and O–H groups in total. The van der Waals surface area contributed by atoms with Gasteiger partial charge in [-0.2, -0.15) is 0 Å². The smallest absolute Gasteiger partial charge is 0.335 e. The van der Waals surface area contributed by atoms with Gasteiger partial charge in [0, 0.05) is 20.7 Å². The molecule has 0 saturated carbocycles. The second-order valence-corrected chi connectivity index (χ2v) is 5.35.